The molecule has 0 unspecified atom stereocenters. The molecule has 23 heavy (non-hydrogen) atoms. The molecule has 1 aromatic heterocycles. The fourth-order valence-electron chi connectivity index (χ4n) is 2.26. The number of anilines is 1. The summed E-state index contributed by atoms with van der Waals surface area (Å²) in [5, 5.41) is 2.89. The van der Waals surface area contributed by atoms with Crippen LogP contribution in [0.5, 0.6) is 0 Å². The van der Waals surface area contributed by atoms with Gasteiger partial charge >= 0.3 is 6.18 Å². The number of H-pyrrole nitrogens is 1. The standard InChI is InChI=1S/C16H10F4N2O/c17-10-4-5-12-13(8-21-14(12)7-10)15(23)22-11-3-1-2-9(6-11)16(18,19)20/h1-8,21H,(H,22,23). The Morgan fingerprint density at radius 1 is 1.09 bits per heavy atom. The van der Waals surface area contributed by atoms with E-state index in [9.17, 15) is 22.4 Å². The van der Waals surface area contributed by atoms with Crippen molar-refractivity contribution in [1.29, 1.82) is 0 Å². The third-order valence-electron chi connectivity index (χ3n) is 3.34. The van der Waals surface area contributed by atoms with Gasteiger partial charge in [-0.3, -0.25) is 4.79 Å². The van der Waals surface area contributed by atoms with E-state index in [-0.39, 0.29) is 11.3 Å². The molecule has 0 saturated heterocycles. The summed E-state index contributed by atoms with van der Waals surface area (Å²) in [5.74, 6) is -1.04. The minimum absolute atomic E-state index is 0.0290. The zero-order valence-corrected chi connectivity index (χ0v) is 11.5. The molecule has 2 aromatic carbocycles. The maximum Gasteiger partial charge on any atom is 0.416 e. The second kappa shape index (κ2) is 5.42. The van der Waals surface area contributed by atoms with Gasteiger partial charge in [0.25, 0.3) is 5.91 Å². The van der Waals surface area contributed by atoms with Crippen LogP contribution < -0.4 is 5.32 Å². The van der Waals surface area contributed by atoms with Crippen LogP contribution in [0, 0.1) is 5.82 Å². The number of aromatic nitrogens is 1. The fraction of sp³-hybridized carbons (Fsp3) is 0.0625. The van der Waals surface area contributed by atoms with E-state index < -0.39 is 23.5 Å². The maximum atomic E-state index is 13.1. The molecule has 1 amide bonds. The maximum absolute atomic E-state index is 13.1. The fourth-order valence-corrected chi connectivity index (χ4v) is 2.26. The van der Waals surface area contributed by atoms with E-state index in [1.54, 1.807) is 0 Å². The van der Waals surface area contributed by atoms with Gasteiger partial charge < -0.3 is 10.3 Å². The monoisotopic (exact) mass is 322 g/mol. The Labute approximate surface area is 127 Å². The van der Waals surface area contributed by atoms with Crippen LogP contribution >= 0.6 is 0 Å². The summed E-state index contributed by atoms with van der Waals surface area (Å²) in [6.45, 7) is 0. The van der Waals surface area contributed by atoms with Crippen LogP contribution in [-0.4, -0.2) is 10.9 Å². The summed E-state index contributed by atoms with van der Waals surface area (Å²) in [7, 11) is 0. The molecule has 0 fully saturated rings. The Bertz CT molecular complexity index is 883. The van der Waals surface area contributed by atoms with E-state index in [1.165, 1.54) is 36.5 Å². The first-order valence-corrected chi connectivity index (χ1v) is 6.60. The zero-order valence-electron chi connectivity index (χ0n) is 11.5. The van der Waals surface area contributed by atoms with Crippen molar-refractivity contribution in [3.8, 4) is 0 Å². The number of rotatable bonds is 2. The van der Waals surface area contributed by atoms with Gasteiger partial charge in [0, 0.05) is 22.8 Å². The van der Waals surface area contributed by atoms with Crippen molar-refractivity contribution in [3.05, 3.63) is 65.6 Å². The summed E-state index contributed by atoms with van der Waals surface area (Å²) >= 11 is 0. The number of nitrogens with one attached hydrogen (secondary N) is 2. The molecule has 0 aliphatic heterocycles. The van der Waals surface area contributed by atoms with Crippen molar-refractivity contribution in [1.82, 2.24) is 4.98 Å². The number of hydrogen-bond acceptors (Lipinski definition) is 1. The molecule has 0 saturated carbocycles. The van der Waals surface area contributed by atoms with Crippen LogP contribution in [-0.2, 0) is 6.18 Å². The van der Waals surface area contributed by atoms with E-state index in [0.717, 1.165) is 12.1 Å². The lowest BCUT2D eigenvalue weighted by Crippen LogP contribution is -2.12. The number of benzene rings is 2. The predicted molar refractivity (Wildman–Crippen MR) is 77.7 cm³/mol. The van der Waals surface area contributed by atoms with Gasteiger partial charge in [-0.15, -0.1) is 0 Å². The van der Waals surface area contributed by atoms with Gasteiger partial charge in [0.2, 0.25) is 0 Å². The van der Waals surface area contributed by atoms with E-state index in [1.807, 2.05) is 0 Å². The van der Waals surface area contributed by atoms with Gasteiger partial charge in [-0.05, 0) is 36.4 Å². The van der Waals surface area contributed by atoms with Crippen molar-refractivity contribution in [2.24, 2.45) is 0 Å². The quantitative estimate of drug-likeness (QED) is 0.667. The average Bonchev–Trinajstić information content (AvgIpc) is 2.89. The summed E-state index contributed by atoms with van der Waals surface area (Å²) in [4.78, 5) is 15.0. The molecule has 118 valence electrons. The van der Waals surface area contributed by atoms with Crippen molar-refractivity contribution in [3.63, 3.8) is 0 Å². The molecule has 3 aromatic rings. The van der Waals surface area contributed by atoms with Gasteiger partial charge in [-0.2, -0.15) is 13.2 Å². The number of aromatic amines is 1. The van der Waals surface area contributed by atoms with Crippen LogP contribution in [0.2, 0.25) is 0 Å². The highest BCUT2D eigenvalue weighted by Crippen LogP contribution is 2.31. The Balaban J connectivity index is 1.89. The predicted octanol–water partition coefficient (Wildman–Crippen LogP) is 4.58. The van der Waals surface area contributed by atoms with Crippen molar-refractivity contribution < 1.29 is 22.4 Å². The number of hydrogen-bond donors (Lipinski definition) is 2. The first kappa shape index (κ1) is 15.1. The number of alkyl halides is 3. The van der Waals surface area contributed by atoms with Crippen molar-refractivity contribution in [2.75, 3.05) is 5.32 Å². The molecule has 3 rings (SSSR count). The molecular formula is C16H10F4N2O. The average molecular weight is 322 g/mol. The summed E-state index contributed by atoms with van der Waals surface area (Å²) in [5.41, 5.74) is -0.172. The van der Waals surface area contributed by atoms with Gasteiger partial charge in [0.1, 0.15) is 5.82 Å². The lowest BCUT2D eigenvalue weighted by Gasteiger charge is -2.09. The molecule has 0 radical (unpaired) electrons. The van der Waals surface area contributed by atoms with E-state index in [2.05, 4.69) is 10.3 Å². The van der Waals surface area contributed by atoms with Crippen LogP contribution in [0.1, 0.15) is 15.9 Å². The van der Waals surface area contributed by atoms with E-state index >= 15 is 0 Å². The largest absolute Gasteiger partial charge is 0.416 e. The second-order valence-corrected chi connectivity index (χ2v) is 4.92. The normalized spacial score (nSPS) is 11.7. The lowest BCUT2D eigenvalue weighted by atomic mass is 10.1. The number of fused-ring (bicyclic) bond motifs is 1. The Kier molecular flexibility index (Phi) is 3.55. The van der Waals surface area contributed by atoms with Gasteiger partial charge in [0.15, 0.2) is 0 Å². The van der Waals surface area contributed by atoms with Gasteiger partial charge in [-0.1, -0.05) is 6.07 Å². The molecule has 0 spiro atoms. The molecule has 7 heteroatoms. The summed E-state index contributed by atoms with van der Waals surface area (Å²) in [6.07, 6.45) is -3.11. The van der Waals surface area contributed by atoms with Crippen molar-refractivity contribution in [2.45, 2.75) is 6.18 Å². The Hall–Kier alpha value is -2.83. The van der Waals surface area contributed by atoms with Crippen molar-refractivity contribution >= 4 is 22.5 Å². The first-order chi connectivity index (χ1) is 10.8. The smallest absolute Gasteiger partial charge is 0.360 e. The number of carbonyl (C=O) groups is 1. The highest BCUT2D eigenvalue weighted by atomic mass is 19.4. The molecule has 0 atom stereocenters. The van der Waals surface area contributed by atoms with E-state index in [4.69, 9.17) is 0 Å². The van der Waals surface area contributed by atoms with Gasteiger partial charge in [-0.25, -0.2) is 4.39 Å². The first-order valence-electron chi connectivity index (χ1n) is 6.60. The number of halogens is 4. The molecule has 3 nitrogen and oxygen atoms in total. The molecular weight excluding hydrogens is 312 g/mol. The minimum atomic E-state index is -4.49. The lowest BCUT2D eigenvalue weighted by molar-refractivity contribution is -0.137. The molecule has 2 N–H and O–H groups in total. The minimum Gasteiger partial charge on any atom is -0.360 e. The van der Waals surface area contributed by atoms with Crippen LogP contribution in [0.25, 0.3) is 10.9 Å². The van der Waals surface area contributed by atoms with E-state index in [0.29, 0.717) is 10.9 Å². The number of carbonyl (C=O) groups excluding carboxylic acids is 1. The topological polar surface area (TPSA) is 44.9 Å². The highest BCUT2D eigenvalue weighted by molar-refractivity contribution is 6.12. The van der Waals surface area contributed by atoms with Gasteiger partial charge in [0.05, 0.1) is 11.1 Å². The Morgan fingerprint density at radius 3 is 2.61 bits per heavy atom. The molecule has 0 aliphatic rings. The SMILES string of the molecule is O=C(Nc1cccc(C(F)(F)F)c1)c1c[nH]c2cc(F)ccc12. The Morgan fingerprint density at radius 2 is 1.87 bits per heavy atom. The molecule has 0 bridgehead atoms. The zero-order chi connectivity index (χ0) is 16.6. The van der Waals surface area contributed by atoms with Crippen LogP contribution in [0.4, 0.5) is 23.2 Å². The van der Waals surface area contributed by atoms with Crippen LogP contribution in [0.3, 0.4) is 0 Å². The molecule has 1 heterocycles. The summed E-state index contributed by atoms with van der Waals surface area (Å²) < 4.78 is 51.1. The highest BCUT2D eigenvalue weighted by Gasteiger charge is 2.30. The summed E-state index contributed by atoms with van der Waals surface area (Å²) in [6, 6.07) is 8.22. The molecule has 0 aliphatic carbocycles. The van der Waals surface area contributed by atoms with Crippen LogP contribution in [0.15, 0.2) is 48.7 Å². The third kappa shape index (κ3) is 3.03. The second-order valence-electron chi connectivity index (χ2n) is 4.92. The number of amides is 1. The third-order valence-corrected chi connectivity index (χ3v) is 3.34.